The molecule has 0 spiro atoms. The van der Waals surface area contributed by atoms with E-state index in [0.29, 0.717) is 30.9 Å². The maximum Gasteiger partial charge on any atom is 0.263 e. The number of fused-ring (bicyclic) bond motifs is 1. The number of benzene rings is 3. The highest BCUT2D eigenvalue weighted by atomic mass is 16.5. The lowest BCUT2D eigenvalue weighted by molar-refractivity contribution is -0.138. The number of rotatable bonds is 6. The molecule has 1 aliphatic heterocycles. The molecule has 5 heteroatoms. The molecule has 4 rings (SSSR count). The molecule has 1 aliphatic rings. The van der Waals surface area contributed by atoms with E-state index in [1.807, 2.05) is 85.8 Å². The van der Waals surface area contributed by atoms with Gasteiger partial charge < -0.3 is 15.0 Å². The first-order valence-corrected chi connectivity index (χ1v) is 11.0. The lowest BCUT2D eigenvalue weighted by Gasteiger charge is -2.22. The van der Waals surface area contributed by atoms with Gasteiger partial charge in [-0.1, -0.05) is 67.6 Å². The summed E-state index contributed by atoms with van der Waals surface area (Å²) in [6, 6.07) is 25.3. The van der Waals surface area contributed by atoms with Crippen LogP contribution >= 0.6 is 0 Å². The predicted molar refractivity (Wildman–Crippen MR) is 125 cm³/mol. The number of ether oxygens (including phenoxy) is 1. The van der Waals surface area contributed by atoms with Crippen LogP contribution in [0.1, 0.15) is 42.9 Å². The molecular formula is C27H28N2O3. The van der Waals surface area contributed by atoms with E-state index in [4.69, 9.17) is 4.74 Å². The van der Waals surface area contributed by atoms with E-state index in [1.165, 1.54) is 0 Å². The molecule has 0 bridgehead atoms. The first-order chi connectivity index (χ1) is 15.5. The van der Waals surface area contributed by atoms with E-state index in [9.17, 15) is 9.59 Å². The topological polar surface area (TPSA) is 58.6 Å². The van der Waals surface area contributed by atoms with Gasteiger partial charge in [0.2, 0.25) is 5.91 Å². The van der Waals surface area contributed by atoms with Gasteiger partial charge in [0.25, 0.3) is 5.91 Å². The van der Waals surface area contributed by atoms with Gasteiger partial charge in [0, 0.05) is 24.3 Å². The fraction of sp³-hybridized carbons (Fsp3) is 0.259. The number of hydrogen-bond acceptors (Lipinski definition) is 3. The van der Waals surface area contributed by atoms with E-state index >= 15 is 0 Å². The predicted octanol–water partition coefficient (Wildman–Crippen LogP) is 5.13. The molecule has 5 nitrogen and oxygen atoms in total. The number of nitrogens with zero attached hydrogens (tertiary/aromatic N) is 1. The number of amides is 2. The third-order valence-electron chi connectivity index (χ3n) is 5.80. The van der Waals surface area contributed by atoms with Gasteiger partial charge in [0.05, 0.1) is 5.92 Å². The maximum absolute atomic E-state index is 13.0. The van der Waals surface area contributed by atoms with Gasteiger partial charge in [0.15, 0.2) is 6.10 Å². The molecule has 1 N–H and O–H groups in total. The normalized spacial score (nSPS) is 16.5. The van der Waals surface area contributed by atoms with Crippen LogP contribution in [0.5, 0.6) is 5.75 Å². The molecule has 2 amide bonds. The van der Waals surface area contributed by atoms with Gasteiger partial charge in [0.1, 0.15) is 5.75 Å². The summed E-state index contributed by atoms with van der Waals surface area (Å²) in [4.78, 5) is 27.7. The lowest BCUT2D eigenvalue weighted by atomic mass is 9.95. The Morgan fingerprint density at radius 2 is 1.75 bits per heavy atom. The third-order valence-corrected chi connectivity index (χ3v) is 5.80. The molecule has 0 saturated carbocycles. The van der Waals surface area contributed by atoms with Crippen LogP contribution in [0.2, 0.25) is 0 Å². The zero-order chi connectivity index (χ0) is 22.5. The second-order valence-corrected chi connectivity index (χ2v) is 8.12. The summed E-state index contributed by atoms with van der Waals surface area (Å²) in [6.07, 6.45) is 0.142. The van der Waals surface area contributed by atoms with Crippen molar-refractivity contribution in [2.45, 2.75) is 45.4 Å². The van der Waals surface area contributed by atoms with Crippen molar-refractivity contribution in [3.63, 3.8) is 0 Å². The Labute approximate surface area is 189 Å². The van der Waals surface area contributed by atoms with Crippen LogP contribution in [0.15, 0.2) is 78.9 Å². The summed E-state index contributed by atoms with van der Waals surface area (Å²) < 4.78 is 5.93. The van der Waals surface area contributed by atoms with Crippen LogP contribution in [0.4, 0.5) is 5.69 Å². The molecule has 2 atom stereocenters. The van der Waals surface area contributed by atoms with Crippen LogP contribution in [-0.4, -0.2) is 22.8 Å². The van der Waals surface area contributed by atoms with Crippen LogP contribution in [0.3, 0.4) is 0 Å². The van der Waals surface area contributed by atoms with Crippen LogP contribution in [0, 0.1) is 0 Å². The molecule has 1 heterocycles. The molecule has 3 aromatic carbocycles. The minimum atomic E-state index is -0.567. The minimum absolute atomic E-state index is 0.0428. The summed E-state index contributed by atoms with van der Waals surface area (Å²) in [5, 5.41) is 3.05. The summed E-state index contributed by atoms with van der Waals surface area (Å²) >= 11 is 0. The monoisotopic (exact) mass is 428 g/mol. The van der Waals surface area contributed by atoms with Gasteiger partial charge in [-0.15, -0.1) is 0 Å². The fourth-order valence-corrected chi connectivity index (χ4v) is 4.10. The highest BCUT2D eigenvalue weighted by Gasteiger charge is 2.28. The molecule has 32 heavy (non-hydrogen) atoms. The van der Waals surface area contributed by atoms with Crippen LogP contribution < -0.4 is 10.1 Å². The second-order valence-electron chi connectivity index (χ2n) is 8.12. The van der Waals surface area contributed by atoms with Crippen molar-refractivity contribution in [1.82, 2.24) is 4.90 Å². The van der Waals surface area contributed by atoms with E-state index in [-0.39, 0.29) is 17.7 Å². The number of hydrogen-bond donors (Lipinski definition) is 1. The summed E-state index contributed by atoms with van der Waals surface area (Å²) in [5.41, 5.74) is 3.64. The standard InChI is InChI=1S/C27H28N2O3/c1-3-24(21-12-8-5-9-13-21)26(30)28-23-14-15-25-22(16-23)18-29(27(31)19(2)32-25)17-20-10-6-4-7-11-20/h4-16,19,24H,3,17-18H2,1-2H3,(H,28,30)/t19-,24+/m0/s1. The Balaban J connectivity index is 1.55. The molecule has 3 aromatic rings. The fourth-order valence-electron chi connectivity index (χ4n) is 4.10. The Morgan fingerprint density at radius 1 is 1.06 bits per heavy atom. The number of carbonyl (C=O) groups is 2. The Hall–Kier alpha value is -3.60. The highest BCUT2D eigenvalue weighted by Crippen LogP contribution is 2.30. The van der Waals surface area contributed by atoms with Crippen LogP contribution in [0.25, 0.3) is 0 Å². The molecule has 0 aromatic heterocycles. The van der Waals surface area contributed by atoms with Gasteiger partial charge in [-0.25, -0.2) is 0 Å². The number of anilines is 1. The van der Waals surface area contributed by atoms with Gasteiger partial charge >= 0.3 is 0 Å². The molecule has 0 fully saturated rings. The summed E-state index contributed by atoms with van der Waals surface area (Å²) in [5.74, 6) is 0.362. The zero-order valence-corrected chi connectivity index (χ0v) is 18.5. The van der Waals surface area contributed by atoms with E-state index in [0.717, 1.165) is 16.7 Å². The minimum Gasteiger partial charge on any atom is -0.481 e. The van der Waals surface area contributed by atoms with Crippen molar-refractivity contribution in [1.29, 1.82) is 0 Å². The number of nitrogens with one attached hydrogen (secondary N) is 1. The Morgan fingerprint density at radius 3 is 2.44 bits per heavy atom. The average molecular weight is 429 g/mol. The van der Waals surface area contributed by atoms with Crippen molar-refractivity contribution < 1.29 is 14.3 Å². The second kappa shape index (κ2) is 9.69. The van der Waals surface area contributed by atoms with Crippen molar-refractivity contribution >= 4 is 17.5 Å². The molecule has 0 unspecified atom stereocenters. The molecule has 0 radical (unpaired) electrons. The van der Waals surface area contributed by atoms with Crippen molar-refractivity contribution in [3.05, 3.63) is 95.6 Å². The van der Waals surface area contributed by atoms with Gasteiger partial charge in [-0.3, -0.25) is 9.59 Å². The van der Waals surface area contributed by atoms with E-state index in [2.05, 4.69) is 5.32 Å². The van der Waals surface area contributed by atoms with Crippen molar-refractivity contribution in [2.75, 3.05) is 5.32 Å². The van der Waals surface area contributed by atoms with E-state index in [1.54, 1.807) is 11.8 Å². The van der Waals surface area contributed by atoms with Gasteiger partial charge in [-0.05, 0) is 42.7 Å². The molecule has 0 aliphatic carbocycles. The maximum atomic E-state index is 13.0. The first kappa shape index (κ1) is 21.6. The quantitative estimate of drug-likeness (QED) is 0.592. The van der Waals surface area contributed by atoms with Crippen molar-refractivity contribution in [3.8, 4) is 5.75 Å². The van der Waals surface area contributed by atoms with Gasteiger partial charge in [-0.2, -0.15) is 0 Å². The Bertz CT molecular complexity index is 1080. The summed E-state index contributed by atoms with van der Waals surface area (Å²) in [6.45, 7) is 4.72. The highest BCUT2D eigenvalue weighted by molar-refractivity contribution is 5.96. The largest absolute Gasteiger partial charge is 0.481 e. The Kier molecular flexibility index (Phi) is 6.55. The summed E-state index contributed by atoms with van der Waals surface area (Å²) in [7, 11) is 0. The molecular weight excluding hydrogens is 400 g/mol. The average Bonchev–Trinajstić information content (AvgIpc) is 2.92. The molecule has 164 valence electrons. The van der Waals surface area contributed by atoms with Crippen molar-refractivity contribution in [2.24, 2.45) is 0 Å². The lowest BCUT2D eigenvalue weighted by Crippen LogP contribution is -2.37. The first-order valence-electron chi connectivity index (χ1n) is 11.0. The third kappa shape index (κ3) is 4.83. The number of carbonyl (C=O) groups excluding carboxylic acids is 2. The smallest absolute Gasteiger partial charge is 0.263 e. The van der Waals surface area contributed by atoms with E-state index < -0.39 is 6.10 Å². The molecule has 0 saturated heterocycles. The zero-order valence-electron chi connectivity index (χ0n) is 18.5. The van der Waals surface area contributed by atoms with Crippen LogP contribution in [-0.2, 0) is 22.7 Å². The SMILES string of the molecule is CC[C@@H](C(=O)Nc1ccc2c(c1)CN(Cc1ccccc1)C(=O)[C@H](C)O2)c1ccccc1.